The molecule has 1 N–H and O–H groups in total. The van der Waals surface area contributed by atoms with Crippen molar-refractivity contribution in [3.63, 3.8) is 0 Å². The first-order chi connectivity index (χ1) is 7.29. The Morgan fingerprint density at radius 1 is 1.40 bits per heavy atom. The fraction of sp³-hybridized carbons (Fsp3) is 0.417. The second-order valence-corrected chi connectivity index (χ2v) is 3.64. The minimum absolute atomic E-state index is 0.730. The van der Waals surface area contributed by atoms with Gasteiger partial charge in [0.1, 0.15) is 5.52 Å². The molecule has 0 aliphatic carbocycles. The van der Waals surface area contributed by atoms with Crippen molar-refractivity contribution in [1.29, 1.82) is 0 Å². The van der Waals surface area contributed by atoms with Gasteiger partial charge >= 0.3 is 0 Å². The Hall–Kier alpha value is -1.35. The normalized spacial score (nSPS) is 11.1. The van der Waals surface area contributed by atoms with Crippen LogP contribution in [0.1, 0.15) is 18.4 Å². The molecule has 80 valence electrons. The fourth-order valence-corrected chi connectivity index (χ4v) is 1.65. The van der Waals surface area contributed by atoms with Crippen LogP contribution in [0.5, 0.6) is 0 Å². The molecule has 0 unspecified atom stereocenters. The molecule has 0 fully saturated rings. The van der Waals surface area contributed by atoms with Crippen LogP contribution in [0.4, 0.5) is 0 Å². The molecule has 0 radical (unpaired) electrons. The average molecular weight is 204 g/mol. The molecule has 15 heavy (non-hydrogen) atoms. The van der Waals surface area contributed by atoms with E-state index in [9.17, 15) is 0 Å². The molecule has 0 saturated carbocycles. The molecule has 0 aliphatic heterocycles. The van der Waals surface area contributed by atoms with E-state index in [-0.39, 0.29) is 0 Å². The zero-order valence-electron chi connectivity index (χ0n) is 9.21. The van der Waals surface area contributed by atoms with Gasteiger partial charge in [0.25, 0.3) is 0 Å². The molecule has 0 spiro atoms. The highest BCUT2D eigenvalue weighted by molar-refractivity contribution is 5.73. The summed E-state index contributed by atoms with van der Waals surface area (Å²) in [5.41, 5.74) is 3.14. The summed E-state index contributed by atoms with van der Waals surface area (Å²) < 4.78 is 5.42. The van der Waals surface area contributed by atoms with Gasteiger partial charge in [0, 0.05) is 6.92 Å². The van der Waals surface area contributed by atoms with Crippen LogP contribution in [0.15, 0.2) is 22.6 Å². The van der Waals surface area contributed by atoms with Crippen LogP contribution >= 0.6 is 0 Å². The SMILES string of the molecule is CCNCCc1ccc2oc(C)nc2c1. The number of aryl methyl sites for hydroxylation is 1. The number of nitrogens with zero attached hydrogens (tertiary/aromatic N) is 1. The van der Waals surface area contributed by atoms with E-state index in [0.29, 0.717) is 0 Å². The lowest BCUT2D eigenvalue weighted by atomic mass is 10.1. The van der Waals surface area contributed by atoms with Gasteiger partial charge in [-0.05, 0) is 37.2 Å². The van der Waals surface area contributed by atoms with Gasteiger partial charge < -0.3 is 9.73 Å². The van der Waals surface area contributed by atoms with Crippen molar-refractivity contribution in [1.82, 2.24) is 10.3 Å². The lowest BCUT2D eigenvalue weighted by molar-refractivity contribution is 0.561. The number of nitrogens with one attached hydrogen (secondary N) is 1. The summed E-state index contributed by atoms with van der Waals surface area (Å²) in [5.74, 6) is 0.730. The van der Waals surface area contributed by atoms with Gasteiger partial charge in [-0.3, -0.25) is 0 Å². The predicted octanol–water partition coefficient (Wildman–Crippen LogP) is 2.29. The number of hydrogen-bond acceptors (Lipinski definition) is 3. The molecule has 0 bridgehead atoms. The van der Waals surface area contributed by atoms with E-state index in [2.05, 4.69) is 29.4 Å². The molecule has 3 nitrogen and oxygen atoms in total. The molecule has 1 heterocycles. The summed E-state index contributed by atoms with van der Waals surface area (Å²) in [4.78, 5) is 4.31. The second kappa shape index (κ2) is 4.45. The fourth-order valence-electron chi connectivity index (χ4n) is 1.65. The summed E-state index contributed by atoms with van der Waals surface area (Å²) >= 11 is 0. The molecule has 2 rings (SSSR count). The smallest absolute Gasteiger partial charge is 0.192 e. The van der Waals surface area contributed by atoms with Crippen LogP contribution in [0, 0.1) is 6.92 Å². The number of oxazole rings is 1. The molecular formula is C12H16N2O. The van der Waals surface area contributed by atoms with Gasteiger partial charge in [0.05, 0.1) is 0 Å². The minimum atomic E-state index is 0.730. The standard InChI is InChI=1S/C12H16N2O/c1-3-13-7-6-10-4-5-12-11(8-10)14-9(2)15-12/h4-5,8,13H,3,6-7H2,1-2H3. The third-order valence-electron chi connectivity index (χ3n) is 2.40. The monoisotopic (exact) mass is 204 g/mol. The second-order valence-electron chi connectivity index (χ2n) is 3.64. The molecule has 1 aromatic carbocycles. The van der Waals surface area contributed by atoms with Crippen molar-refractivity contribution in [2.75, 3.05) is 13.1 Å². The van der Waals surface area contributed by atoms with Crippen LogP contribution in [0.25, 0.3) is 11.1 Å². The van der Waals surface area contributed by atoms with E-state index in [1.807, 2.05) is 13.0 Å². The predicted molar refractivity (Wildman–Crippen MR) is 61.0 cm³/mol. The van der Waals surface area contributed by atoms with Crippen LogP contribution in [-0.4, -0.2) is 18.1 Å². The maximum atomic E-state index is 5.42. The van der Waals surface area contributed by atoms with E-state index in [4.69, 9.17) is 4.42 Å². The Balaban J connectivity index is 2.15. The topological polar surface area (TPSA) is 38.1 Å². The number of aromatic nitrogens is 1. The first-order valence-corrected chi connectivity index (χ1v) is 5.36. The van der Waals surface area contributed by atoms with Gasteiger partial charge in [-0.2, -0.15) is 0 Å². The lowest BCUT2D eigenvalue weighted by Gasteiger charge is -2.01. The van der Waals surface area contributed by atoms with Gasteiger partial charge in [-0.25, -0.2) is 4.98 Å². The zero-order chi connectivity index (χ0) is 10.7. The van der Waals surface area contributed by atoms with Crippen LogP contribution in [0.3, 0.4) is 0 Å². The first-order valence-electron chi connectivity index (χ1n) is 5.36. The van der Waals surface area contributed by atoms with Crippen molar-refractivity contribution >= 4 is 11.1 Å². The van der Waals surface area contributed by atoms with Gasteiger partial charge in [-0.15, -0.1) is 0 Å². The van der Waals surface area contributed by atoms with Gasteiger partial charge in [-0.1, -0.05) is 13.0 Å². The Labute approximate surface area is 89.5 Å². The summed E-state index contributed by atoms with van der Waals surface area (Å²) in [6.07, 6.45) is 1.04. The number of hydrogen-bond donors (Lipinski definition) is 1. The van der Waals surface area contributed by atoms with E-state index >= 15 is 0 Å². The molecule has 1 aromatic heterocycles. The Bertz CT molecular complexity index is 448. The van der Waals surface area contributed by atoms with Crippen molar-refractivity contribution < 1.29 is 4.42 Å². The molecule has 3 heteroatoms. The Morgan fingerprint density at radius 2 is 2.27 bits per heavy atom. The maximum absolute atomic E-state index is 5.42. The van der Waals surface area contributed by atoms with E-state index < -0.39 is 0 Å². The van der Waals surface area contributed by atoms with Crippen LogP contribution < -0.4 is 5.32 Å². The highest BCUT2D eigenvalue weighted by Crippen LogP contribution is 2.16. The largest absolute Gasteiger partial charge is 0.441 e. The molecule has 2 aromatic rings. The van der Waals surface area contributed by atoms with E-state index in [0.717, 1.165) is 36.5 Å². The van der Waals surface area contributed by atoms with E-state index in [1.54, 1.807) is 0 Å². The zero-order valence-corrected chi connectivity index (χ0v) is 9.21. The van der Waals surface area contributed by atoms with Crippen molar-refractivity contribution in [2.24, 2.45) is 0 Å². The summed E-state index contributed by atoms with van der Waals surface area (Å²) in [5, 5.41) is 3.31. The molecule has 0 amide bonds. The summed E-state index contributed by atoms with van der Waals surface area (Å²) in [6.45, 7) is 6.02. The van der Waals surface area contributed by atoms with Crippen molar-refractivity contribution in [3.8, 4) is 0 Å². The van der Waals surface area contributed by atoms with E-state index in [1.165, 1.54) is 5.56 Å². The molecule has 0 aliphatic rings. The third kappa shape index (κ3) is 2.36. The quantitative estimate of drug-likeness (QED) is 0.776. The summed E-state index contributed by atoms with van der Waals surface area (Å²) in [7, 11) is 0. The van der Waals surface area contributed by atoms with Crippen LogP contribution in [0.2, 0.25) is 0 Å². The third-order valence-corrected chi connectivity index (χ3v) is 2.40. The average Bonchev–Trinajstić information content (AvgIpc) is 2.57. The Morgan fingerprint density at radius 3 is 3.07 bits per heavy atom. The summed E-state index contributed by atoms with van der Waals surface area (Å²) in [6, 6.07) is 6.20. The minimum Gasteiger partial charge on any atom is -0.441 e. The van der Waals surface area contributed by atoms with Gasteiger partial charge in [0.2, 0.25) is 0 Å². The number of rotatable bonds is 4. The lowest BCUT2D eigenvalue weighted by Crippen LogP contribution is -2.15. The Kier molecular flexibility index (Phi) is 3.02. The number of benzene rings is 1. The molecule has 0 saturated heterocycles. The highest BCUT2D eigenvalue weighted by atomic mass is 16.3. The highest BCUT2D eigenvalue weighted by Gasteiger charge is 2.02. The first kappa shape index (κ1) is 10.2. The van der Waals surface area contributed by atoms with Crippen molar-refractivity contribution in [3.05, 3.63) is 29.7 Å². The maximum Gasteiger partial charge on any atom is 0.192 e. The molecular weight excluding hydrogens is 188 g/mol. The van der Waals surface area contributed by atoms with Crippen LogP contribution in [-0.2, 0) is 6.42 Å². The van der Waals surface area contributed by atoms with Gasteiger partial charge in [0.15, 0.2) is 11.5 Å². The number of likely N-dealkylation sites (N-methyl/N-ethyl adjacent to an activating group) is 1. The molecule has 0 atom stereocenters. The number of fused-ring (bicyclic) bond motifs is 1. The van der Waals surface area contributed by atoms with Crippen molar-refractivity contribution in [2.45, 2.75) is 20.3 Å².